The quantitative estimate of drug-likeness (QED) is 0.651. The van der Waals surface area contributed by atoms with Gasteiger partial charge in [-0.15, -0.1) is 0 Å². The second-order valence-electron chi connectivity index (χ2n) is 7.76. The van der Waals surface area contributed by atoms with Gasteiger partial charge in [-0.05, 0) is 68.5 Å². The summed E-state index contributed by atoms with van der Waals surface area (Å²) in [6.45, 7) is 5.20. The van der Waals surface area contributed by atoms with Gasteiger partial charge in [0.1, 0.15) is 5.75 Å². The molecule has 1 aliphatic heterocycles. The number of hydrogen-bond acceptors (Lipinski definition) is 4. The highest BCUT2D eigenvalue weighted by Gasteiger charge is 2.30. The minimum Gasteiger partial charge on any atom is -0.494 e. The van der Waals surface area contributed by atoms with Crippen LogP contribution in [0.1, 0.15) is 36.8 Å². The molecule has 0 saturated carbocycles. The minimum atomic E-state index is -3.49. The topological polar surface area (TPSA) is 75.7 Å². The Morgan fingerprint density at radius 1 is 1.07 bits per heavy atom. The molecule has 0 aliphatic carbocycles. The van der Waals surface area contributed by atoms with Crippen LogP contribution in [0.3, 0.4) is 0 Å². The second-order valence-corrected chi connectivity index (χ2v) is 9.69. The maximum absolute atomic E-state index is 12.9. The first kappa shape index (κ1) is 22.3. The van der Waals surface area contributed by atoms with Crippen LogP contribution >= 0.6 is 0 Å². The molecule has 0 atom stereocenters. The van der Waals surface area contributed by atoms with Gasteiger partial charge < -0.3 is 10.1 Å². The Balaban J connectivity index is 1.41. The van der Waals surface area contributed by atoms with Crippen LogP contribution in [0, 0.1) is 13.8 Å². The van der Waals surface area contributed by atoms with Crippen molar-refractivity contribution in [3.05, 3.63) is 59.7 Å². The average Bonchev–Trinajstić information content (AvgIpc) is 2.74. The molecule has 0 spiro atoms. The third-order valence-electron chi connectivity index (χ3n) is 5.50. The molecule has 1 N–H and O–H groups in total. The average molecular weight is 431 g/mol. The zero-order valence-electron chi connectivity index (χ0n) is 17.6. The molecule has 3 rings (SSSR count). The lowest BCUT2D eigenvalue weighted by molar-refractivity contribution is -0.122. The summed E-state index contributed by atoms with van der Waals surface area (Å²) in [5.41, 5.74) is 2.04. The number of nitrogens with zero attached hydrogens (tertiary/aromatic N) is 1. The molecule has 7 heteroatoms. The predicted octanol–water partition coefficient (Wildman–Crippen LogP) is 3.43. The first-order chi connectivity index (χ1) is 14.4. The van der Waals surface area contributed by atoms with Crippen LogP contribution in [0.15, 0.2) is 53.4 Å². The van der Waals surface area contributed by atoms with E-state index in [9.17, 15) is 13.2 Å². The molecular weight excluding hydrogens is 400 g/mol. The number of benzene rings is 2. The molecule has 1 aliphatic rings. The zero-order valence-corrected chi connectivity index (χ0v) is 18.5. The molecule has 2 aromatic rings. The van der Waals surface area contributed by atoms with Crippen LogP contribution in [0.25, 0.3) is 0 Å². The number of carbonyl (C=O) groups excluding carboxylic acids is 1. The fourth-order valence-corrected chi connectivity index (χ4v) is 5.06. The van der Waals surface area contributed by atoms with Crippen LogP contribution in [0.2, 0.25) is 0 Å². The van der Waals surface area contributed by atoms with Crippen LogP contribution in [0.5, 0.6) is 5.75 Å². The van der Waals surface area contributed by atoms with E-state index in [1.54, 1.807) is 12.1 Å². The summed E-state index contributed by atoms with van der Waals surface area (Å²) in [7, 11) is -3.49. The number of hydrogen-bond donors (Lipinski definition) is 1. The molecule has 0 bridgehead atoms. The maximum atomic E-state index is 12.9. The molecule has 1 amide bonds. The highest BCUT2D eigenvalue weighted by Crippen LogP contribution is 2.23. The molecule has 162 valence electrons. The number of aryl methyl sites for hydroxylation is 2. The van der Waals surface area contributed by atoms with E-state index in [-0.39, 0.29) is 11.9 Å². The third-order valence-corrected chi connectivity index (χ3v) is 7.39. The number of nitrogens with one attached hydrogen (secondary N) is 1. The first-order valence-corrected chi connectivity index (χ1v) is 11.8. The highest BCUT2D eigenvalue weighted by atomic mass is 32.2. The van der Waals surface area contributed by atoms with E-state index in [0.717, 1.165) is 16.9 Å². The van der Waals surface area contributed by atoms with Crippen molar-refractivity contribution in [2.75, 3.05) is 19.7 Å². The molecular formula is C23H30N2O4S. The van der Waals surface area contributed by atoms with Gasteiger partial charge in [-0.3, -0.25) is 4.79 Å². The lowest BCUT2D eigenvalue weighted by atomic mass is 10.1. The van der Waals surface area contributed by atoms with Crippen molar-refractivity contribution in [1.82, 2.24) is 9.62 Å². The monoisotopic (exact) mass is 430 g/mol. The summed E-state index contributed by atoms with van der Waals surface area (Å²) in [4.78, 5) is 12.5. The second kappa shape index (κ2) is 10.1. The molecule has 1 heterocycles. The van der Waals surface area contributed by atoms with Gasteiger partial charge in [-0.1, -0.05) is 24.3 Å². The van der Waals surface area contributed by atoms with Crippen molar-refractivity contribution >= 4 is 15.9 Å². The highest BCUT2D eigenvalue weighted by molar-refractivity contribution is 7.89. The number of piperidine rings is 1. The van der Waals surface area contributed by atoms with E-state index in [4.69, 9.17) is 4.74 Å². The van der Waals surface area contributed by atoms with E-state index >= 15 is 0 Å². The number of ether oxygens (including phenoxy) is 1. The Hall–Kier alpha value is -2.38. The summed E-state index contributed by atoms with van der Waals surface area (Å²) in [5, 5.41) is 3.03. The Morgan fingerprint density at radius 2 is 1.77 bits per heavy atom. The third kappa shape index (κ3) is 5.83. The minimum absolute atomic E-state index is 0.0119. The van der Waals surface area contributed by atoms with Crippen LogP contribution in [-0.4, -0.2) is 44.4 Å². The Bertz CT molecular complexity index is 952. The van der Waals surface area contributed by atoms with Gasteiger partial charge in [0.15, 0.2) is 0 Å². The first-order valence-electron chi connectivity index (χ1n) is 10.4. The molecule has 2 aromatic carbocycles. The largest absolute Gasteiger partial charge is 0.494 e. The Labute approximate surface area is 179 Å². The molecule has 1 saturated heterocycles. The smallest absolute Gasteiger partial charge is 0.243 e. The van der Waals surface area contributed by atoms with Crippen molar-refractivity contribution in [2.24, 2.45) is 0 Å². The van der Waals surface area contributed by atoms with Crippen molar-refractivity contribution < 1.29 is 17.9 Å². The summed E-state index contributed by atoms with van der Waals surface area (Å²) >= 11 is 0. The van der Waals surface area contributed by atoms with E-state index in [1.165, 1.54) is 4.31 Å². The number of para-hydroxylation sites is 1. The van der Waals surface area contributed by atoms with Crippen LogP contribution in [0.4, 0.5) is 0 Å². The molecule has 6 nitrogen and oxygen atoms in total. The molecule has 0 unspecified atom stereocenters. The molecule has 30 heavy (non-hydrogen) atoms. The van der Waals surface area contributed by atoms with E-state index in [1.807, 2.05) is 50.2 Å². The van der Waals surface area contributed by atoms with Crippen molar-refractivity contribution in [1.29, 1.82) is 0 Å². The SMILES string of the molecule is Cc1ccc(S(=O)(=O)N2CCC(NC(=O)CCCOc3ccccc3)CC2)cc1C. The number of rotatable bonds is 8. The van der Waals surface area contributed by atoms with Crippen molar-refractivity contribution in [2.45, 2.75) is 50.5 Å². The van der Waals surface area contributed by atoms with Gasteiger partial charge in [-0.2, -0.15) is 4.31 Å². The van der Waals surface area contributed by atoms with Crippen molar-refractivity contribution in [3.63, 3.8) is 0 Å². The maximum Gasteiger partial charge on any atom is 0.243 e. The van der Waals surface area contributed by atoms with Gasteiger partial charge in [0.05, 0.1) is 11.5 Å². The number of carbonyl (C=O) groups is 1. The molecule has 1 fully saturated rings. The number of sulfonamides is 1. The van der Waals surface area contributed by atoms with E-state index in [2.05, 4.69) is 5.32 Å². The molecule has 0 radical (unpaired) electrons. The summed E-state index contributed by atoms with van der Waals surface area (Å²) in [6.07, 6.45) is 2.28. The Morgan fingerprint density at radius 3 is 2.43 bits per heavy atom. The standard InChI is InChI=1S/C23H30N2O4S/c1-18-10-11-22(17-19(18)2)30(27,28)25-14-12-20(13-15-25)24-23(26)9-6-16-29-21-7-4-3-5-8-21/h3-5,7-8,10-11,17,20H,6,9,12-16H2,1-2H3,(H,24,26). The lowest BCUT2D eigenvalue weighted by Crippen LogP contribution is -2.46. The van der Waals surface area contributed by atoms with E-state index in [0.29, 0.717) is 50.3 Å². The van der Waals surface area contributed by atoms with Gasteiger partial charge in [0.2, 0.25) is 15.9 Å². The fourth-order valence-electron chi connectivity index (χ4n) is 3.50. The lowest BCUT2D eigenvalue weighted by Gasteiger charge is -2.31. The van der Waals surface area contributed by atoms with Gasteiger partial charge >= 0.3 is 0 Å². The molecule has 0 aromatic heterocycles. The van der Waals surface area contributed by atoms with Gasteiger partial charge in [0.25, 0.3) is 0 Å². The van der Waals surface area contributed by atoms with Gasteiger partial charge in [-0.25, -0.2) is 8.42 Å². The Kier molecular flexibility index (Phi) is 7.50. The van der Waals surface area contributed by atoms with Crippen LogP contribution < -0.4 is 10.1 Å². The zero-order chi connectivity index (χ0) is 21.6. The summed E-state index contributed by atoms with van der Waals surface area (Å²) < 4.78 is 32.9. The normalized spacial score (nSPS) is 15.7. The van der Waals surface area contributed by atoms with Crippen LogP contribution in [-0.2, 0) is 14.8 Å². The summed E-state index contributed by atoms with van der Waals surface area (Å²) in [5.74, 6) is 0.789. The fraction of sp³-hybridized carbons (Fsp3) is 0.435. The number of amides is 1. The van der Waals surface area contributed by atoms with E-state index < -0.39 is 10.0 Å². The van der Waals surface area contributed by atoms with Gasteiger partial charge in [0, 0.05) is 25.6 Å². The van der Waals surface area contributed by atoms with Crippen molar-refractivity contribution in [3.8, 4) is 5.75 Å². The predicted molar refractivity (Wildman–Crippen MR) is 117 cm³/mol. The summed E-state index contributed by atoms with van der Waals surface area (Å²) in [6, 6.07) is 14.8.